The quantitative estimate of drug-likeness (QED) is 0.816. The van der Waals surface area contributed by atoms with Gasteiger partial charge in [-0.15, -0.1) is 0 Å². The number of carbonyl (C=O) groups is 2. The Morgan fingerprint density at radius 2 is 2.12 bits per heavy atom. The van der Waals surface area contributed by atoms with Gasteiger partial charge in [-0.25, -0.2) is 0 Å². The summed E-state index contributed by atoms with van der Waals surface area (Å²) in [6, 6.07) is 5.22. The Labute approximate surface area is 99.4 Å². The van der Waals surface area contributed by atoms with Crippen LogP contribution in [0.2, 0.25) is 0 Å². The lowest BCUT2D eigenvalue weighted by atomic mass is 10.1. The molecule has 1 rings (SSSR count). The molecule has 0 saturated carbocycles. The molecule has 1 aromatic rings. The molecule has 1 aromatic carbocycles. The maximum atomic E-state index is 11.0. The summed E-state index contributed by atoms with van der Waals surface area (Å²) < 4.78 is 5.10. The van der Waals surface area contributed by atoms with Crippen LogP contribution in [0.15, 0.2) is 18.2 Å². The van der Waals surface area contributed by atoms with Gasteiger partial charge in [-0.1, -0.05) is 6.07 Å². The summed E-state index contributed by atoms with van der Waals surface area (Å²) in [5.74, 6) is -0.486. The summed E-state index contributed by atoms with van der Waals surface area (Å²) in [5.41, 5.74) is 1.40. The maximum Gasteiger partial charge on any atom is 0.303 e. The molecule has 5 heteroatoms. The lowest BCUT2D eigenvalue weighted by Gasteiger charge is -2.10. The maximum absolute atomic E-state index is 11.0. The van der Waals surface area contributed by atoms with E-state index in [0.717, 1.165) is 5.56 Å². The molecule has 0 radical (unpaired) electrons. The van der Waals surface area contributed by atoms with Crippen LogP contribution in [0.25, 0.3) is 0 Å². The van der Waals surface area contributed by atoms with Gasteiger partial charge in [0.2, 0.25) is 5.91 Å². The number of hydrogen-bond acceptors (Lipinski definition) is 3. The minimum Gasteiger partial charge on any atom is -0.495 e. The first-order chi connectivity index (χ1) is 8.02. The Morgan fingerprint density at radius 3 is 2.65 bits per heavy atom. The van der Waals surface area contributed by atoms with Crippen molar-refractivity contribution in [2.75, 3.05) is 12.4 Å². The molecule has 17 heavy (non-hydrogen) atoms. The van der Waals surface area contributed by atoms with Gasteiger partial charge in [0, 0.05) is 13.3 Å². The Hall–Kier alpha value is -2.04. The van der Waals surface area contributed by atoms with Gasteiger partial charge in [0.15, 0.2) is 0 Å². The summed E-state index contributed by atoms with van der Waals surface area (Å²) in [5, 5.41) is 11.2. The molecule has 0 aliphatic rings. The van der Waals surface area contributed by atoms with E-state index in [2.05, 4.69) is 5.32 Å². The Morgan fingerprint density at radius 1 is 1.41 bits per heavy atom. The third kappa shape index (κ3) is 4.14. The van der Waals surface area contributed by atoms with Crippen LogP contribution in [0.1, 0.15) is 18.9 Å². The average molecular weight is 237 g/mol. The van der Waals surface area contributed by atoms with Gasteiger partial charge in [0.1, 0.15) is 5.75 Å². The monoisotopic (exact) mass is 237 g/mol. The number of anilines is 1. The van der Waals surface area contributed by atoms with Crippen molar-refractivity contribution in [2.45, 2.75) is 19.8 Å². The molecular weight excluding hydrogens is 222 g/mol. The van der Waals surface area contributed by atoms with E-state index >= 15 is 0 Å². The number of benzene rings is 1. The molecule has 5 nitrogen and oxygen atoms in total. The summed E-state index contributed by atoms with van der Waals surface area (Å²) in [6.07, 6.45) is 0.484. The number of carbonyl (C=O) groups excluding carboxylic acids is 1. The van der Waals surface area contributed by atoms with Crippen molar-refractivity contribution in [3.05, 3.63) is 23.8 Å². The van der Waals surface area contributed by atoms with Crippen LogP contribution in [0.5, 0.6) is 5.75 Å². The molecule has 0 aliphatic heterocycles. The predicted molar refractivity (Wildman–Crippen MR) is 63.3 cm³/mol. The second-order valence-electron chi connectivity index (χ2n) is 3.61. The molecular formula is C12H15NO4. The minimum atomic E-state index is -0.845. The van der Waals surface area contributed by atoms with Crippen LogP contribution in [0.3, 0.4) is 0 Å². The van der Waals surface area contributed by atoms with Crippen LogP contribution in [0, 0.1) is 0 Å². The van der Waals surface area contributed by atoms with Crippen molar-refractivity contribution in [1.29, 1.82) is 0 Å². The number of aliphatic carboxylic acids is 1. The highest BCUT2D eigenvalue weighted by Gasteiger charge is 2.07. The highest BCUT2D eigenvalue weighted by Crippen LogP contribution is 2.25. The second-order valence-corrected chi connectivity index (χ2v) is 3.61. The van der Waals surface area contributed by atoms with Gasteiger partial charge in [-0.05, 0) is 24.1 Å². The van der Waals surface area contributed by atoms with E-state index in [9.17, 15) is 9.59 Å². The summed E-state index contributed by atoms with van der Waals surface area (Å²) in [4.78, 5) is 21.5. The fourth-order valence-corrected chi connectivity index (χ4v) is 1.45. The van der Waals surface area contributed by atoms with Crippen molar-refractivity contribution < 1.29 is 19.4 Å². The molecule has 0 bridgehead atoms. The predicted octanol–water partition coefficient (Wildman–Crippen LogP) is 1.67. The third-order valence-electron chi connectivity index (χ3n) is 2.20. The largest absolute Gasteiger partial charge is 0.495 e. The van der Waals surface area contributed by atoms with Crippen LogP contribution in [-0.2, 0) is 16.0 Å². The van der Waals surface area contributed by atoms with Gasteiger partial charge in [0.25, 0.3) is 0 Å². The van der Waals surface area contributed by atoms with Gasteiger partial charge in [-0.2, -0.15) is 0 Å². The molecule has 92 valence electrons. The van der Waals surface area contributed by atoms with Crippen LogP contribution < -0.4 is 10.1 Å². The molecule has 0 aromatic heterocycles. The molecule has 0 fully saturated rings. The van der Waals surface area contributed by atoms with Crippen LogP contribution >= 0.6 is 0 Å². The van der Waals surface area contributed by atoms with Crippen LogP contribution in [0.4, 0.5) is 5.69 Å². The number of hydrogen-bond donors (Lipinski definition) is 2. The van der Waals surface area contributed by atoms with E-state index in [4.69, 9.17) is 9.84 Å². The lowest BCUT2D eigenvalue weighted by molar-refractivity contribution is -0.137. The fraction of sp³-hybridized carbons (Fsp3) is 0.333. The number of carboxylic acid groups (broad SMARTS) is 1. The third-order valence-corrected chi connectivity index (χ3v) is 2.20. The zero-order valence-electron chi connectivity index (χ0n) is 9.82. The van der Waals surface area contributed by atoms with E-state index in [0.29, 0.717) is 17.9 Å². The first-order valence-electron chi connectivity index (χ1n) is 5.19. The van der Waals surface area contributed by atoms with Gasteiger partial charge in [-0.3, -0.25) is 9.59 Å². The SMILES string of the molecule is COc1ccc(CCC(=O)O)cc1NC(C)=O. The topological polar surface area (TPSA) is 75.6 Å². The zero-order chi connectivity index (χ0) is 12.8. The minimum absolute atomic E-state index is 0.0613. The van der Waals surface area contributed by atoms with Gasteiger partial charge < -0.3 is 15.2 Å². The molecule has 0 unspecified atom stereocenters. The number of carboxylic acids is 1. The number of ether oxygens (including phenoxy) is 1. The van der Waals surface area contributed by atoms with E-state index in [1.807, 2.05) is 0 Å². The van der Waals surface area contributed by atoms with E-state index < -0.39 is 5.97 Å². The van der Waals surface area contributed by atoms with Gasteiger partial charge in [0.05, 0.1) is 12.8 Å². The summed E-state index contributed by atoms with van der Waals surface area (Å²) >= 11 is 0. The number of rotatable bonds is 5. The summed E-state index contributed by atoms with van der Waals surface area (Å²) in [7, 11) is 1.51. The standard InChI is InChI=1S/C12H15NO4/c1-8(14)13-10-7-9(4-6-12(15)16)3-5-11(10)17-2/h3,5,7H,4,6H2,1-2H3,(H,13,14)(H,15,16). The highest BCUT2D eigenvalue weighted by atomic mass is 16.5. The van der Waals surface area contributed by atoms with Crippen molar-refractivity contribution >= 4 is 17.6 Å². The molecule has 0 spiro atoms. The number of amides is 1. The van der Waals surface area contributed by atoms with E-state index in [1.165, 1.54) is 14.0 Å². The fourth-order valence-electron chi connectivity index (χ4n) is 1.45. The number of aryl methyl sites for hydroxylation is 1. The van der Waals surface area contributed by atoms with Gasteiger partial charge >= 0.3 is 5.97 Å². The molecule has 0 saturated heterocycles. The Balaban J connectivity index is 2.87. The van der Waals surface area contributed by atoms with E-state index in [1.54, 1.807) is 18.2 Å². The second kappa shape index (κ2) is 5.89. The number of methoxy groups -OCH3 is 1. The highest BCUT2D eigenvalue weighted by molar-refractivity contribution is 5.90. The molecule has 0 atom stereocenters. The lowest BCUT2D eigenvalue weighted by Crippen LogP contribution is -2.08. The molecule has 1 amide bonds. The first-order valence-corrected chi connectivity index (χ1v) is 5.19. The zero-order valence-corrected chi connectivity index (χ0v) is 9.82. The molecule has 0 aliphatic carbocycles. The first kappa shape index (κ1) is 13.0. The van der Waals surface area contributed by atoms with Crippen molar-refractivity contribution in [2.24, 2.45) is 0 Å². The van der Waals surface area contributed by atoms with Crippen molar-refractivity contribution in [3.63, 3.8) is 0 Å². The summed E-state index contributed by atoms with van der Waals surface area (Å²) in [6.45, 7) is 1.41. The molecule has 2 N–H and O–H groups in total. The van der Waals surface area contributed by atoms with Crippen molar-refractivity contribution in [3.8, 4) is 5.75 Å². The Bertz CT molecular complexity index is 429. The average Bonchev–Trinajstić information content (AvgIpc) is 2.25. The smallest absolute Gasteiger partial charge is 0.303 e. The molecule has 0 heterocycles. The van der Waals surface area contributed by atoms with Crippen molar-refractivity contribution in [1.82, 2.24) is 0 Å². The normalized spacial score (nSPS) is 9.76. The number of nitrogens with one attached hydrogen (secondary N) is 1. The van der Waals surface area contributed by atoms with E-state index in [-0.39, 0.29) is 12.3 Å². The van der Waals surface area contributed by atoms with Crippen LogP contribution in [-0.4, -0.2) is 24.1 Å². The Kier molecular flexibility index (Phi) is 4.51.